The predicted octanol–water partition coefficient (Wildman–Crippen LogP) is 6.30. The number of methoxy groups -OCH3 is 2. The number of carbonyl (C=O) groups excluding carboxylic acids is 1. The van der Waals surface area contributed by atoms with Crippen LogP contribution in [0.15, 0.2) is 72.8 Å². The quantitative estimate of drug-likeness (QED) is 0.136. The van der Waals surface area contributed by atoms with Gasteiger partial charge in [-0.25, -0.2) is 19.6 Å². The Morgan fingerprint density at radius 1 is 0.761 bits per heavy atom. The molecule has 234 valence electrons. The average Bonchev–Trinajstić information content (AvgIpc) is 3.66. The summed E-state index contributed by atoms with van der Waals surface area (Å²) in [5, 5.41) is 9.86. The zero-order valence-electron chi connectivity index (χ0n) is 25.8. The lowest BCUT2D eigenvalue weighted by Gasteiger charge is -2.16. The van der Waals surface area contributed by atoms with E-state index in [1.807, 2.05) is 61.5 Å². The van der Waals surface area contributed by atoms with Gasteiger partial charge in [0.25, 0.3) is 0 Å². The Labute approximate surface area is 265 Å². The number of carbonyl (C=O) groups is 2. The van der Waals surface area contributed by atoms with E-state index in [2.05, 4.69) is 15.0 Å². The first kappa shape index (κ1) is 30.4. The molecule has 0 atom stereocenters. The summed E-state index contributed by atoms with van der Waals surface area (Å²) < 4.78 is 16.3. The van der Waals surface area contributed by atoms with E-state index < -0.39 is 11.9 Å². The molecule has 3 N–H and O–H groups in total. The minimum absolute atomic E-state index is 0.101. The van der Waals surface area contributed by atoms with Crippen molar-refractivity contribution in [2.45, 2.75) is 32.6 Å². The third kappa shape index (κ3) is 6.41. The van der Waals surface area contributed by atoms with Gasteiger partial charge in [-0.05, 0) is 71.1 Å². The monoisotopic (exact) mass is 618 g/mol. The summed E-state index contributed by atoms with van der Waals surface area (Å²) >= 11 is 0. The van der Waals surface area contributed by atoms with Crippen LogP contribution in [0.1, 0.15) is 61.5 Å². The molecule has 0 radical (unpaired) electrons. The summed E-state index contributed by atoms with van der Waals surface area (Å²) in [5.41, 5.74) is 7.62. The second-order valence-electron chi connectivity index (χ2n) is 11.0. The van der Waals surface area contributed by atoms with Gasteiger partial charge < -0.3 is 29.3 Å². The van der Waals surface area contributed by atoms with Gasteiger partial charge in [0.2, 0.25) is 0 Å². The maximum absolute atomic E-state index is 13.0. The van der Waals surface area contributed by atoms with Crippen molar-refractivity contribution >= 4 is 34.0 Å². The Kier molecular flexibility index (Phi) is 8.69. The van der Waals surface area contributed by atoms with E-state index >= 15 is 0 Å². The molecule has 0 aliphatic rings. The highest BCUT2D eigenvalue weighted by Crippen LogP contribution is 2.26. The Bertz CT molecular complexity index is 2040. The van der Waals surface area contributed by atoms with E-state index in [1.165, 1.54) is 0 Å². The topological polar surface area (TPSA) is 139 Å². The van der Waals surface area contributed by atoms with E-state index in [0.717, 1.165) is 67.5 Å². The van der Waals surface area contributed by atoms with Crippen LogP contribution in [0.4, 0.5) is 0 Å². The minimum atomic E-state index is -0.986. The molecule has 2 aromatic heterocycles. The number of hydrogen-bond acceptors (Lipinski definition) is 7. The number of nitrogens with one attached hydrogen (secondary N) is 2. The molecule has 0 unspecified atom stereocenters. The van der Waals surface area contributed by atoms with Gasteiger partial charge in [0, 0.05) is 31.4 Å². The van der Waals surface area contributed by atoms with Crippen LogP contribution in [-0.4, -0.2) is 57.8 Å². The summed E-state index contributed by atoms with van der Waals surface area (Å²) in [5.74, 6) is 1.62. The van der Waals surface area contributed by atoms with E-state index in [1.54, 1.807) is 32.4 Å². The lowest BCUT2D eigenvalue weighted by molar-refractivity contribution is 0.0507. The number of carboxylic acids is 1. The number of aromatic nitrogens is 4. The fourth-order valence-electron chi connectivity index (χ4n) is 5.79. The van der Waals surface area contributed by atoms with Crippen LogP contribution >= 0.6 is 0 Å². The highest BCUT2D eigenvalue weighted by Gasteiger charge is 2.19. The zero-order chi connectivity index (χ0) is 32.2. The maximum Gasteiger partial charge on any atom is 0.338 e. The molecule has 2 heterocycles. The third-order valence-corrected chi connectivity index (χ3v) is 8.09. The van der Waals surface area contributed by atoms with Crippen LogP contribution in [-0.2, 0) is 30.4 Å². The average molecular weight is 619 g/mol. The molecule has 4 aromatic carbocycles. The molecule has 0 spiro atoms. The van der Waals surface area contributed by atoms with E-state index in [4.69, 9.17) is 19.2 Å². The molecule has 6 rings (SSSR count). The summed E-state index contributed by atoms with van der Waals surface area (Å²) in [6.45, 7) is 2.03. The summed E-state index contributed by atoms with van der Waals surface area (Å²) in [6.07, 6.45) is 1.94. The van der Waals surface area contributed by atoms with Gasteiger partial charge in [-0.15, -0.1) is 0 Å². The molecule has 0 saturated carbocycles. The standard InChI is InChI=1S/C36H34N4O6/c1-4-26-27(23(9-12-28(26)35(41)42)18-34-38-30-14-11-25(45-3)20-32(30)40-34)15-16-46-36(43)22-7-5-21(6-8-22)17-33-37-29-13-10-24(44-2)19-31(29)39-33/h5-14,19-20H,4,15-18H2,1-3H3,(H,37,39)(H,38,40)(H,41,42). The van der Waals surface area contributed by atoms with Gasteiger partial charge >= 0.3 is 11.9 Å². The molecule has 0 amide bonds. The Balaban J connectivity index is 1.14. The number of fused-ring (bicyclic) bond motifs is 2. The number of aromatic carboxylic acids is 1. The summed E-state index contributed by atoms with van der Waals surface area (Å²) in [6, 6.07) is 22.1. The molecule has 0 saturated heterocycles. The number of rotatable bonds is 12. The van der Waals surface area contributed by atoms with Crippen molar-refractivity contribution in [3.8, 4) is 11.5 Å². The SMILES string of the molecule is CCc1c(C(=O)O)ccc(Cc2nc3ccc(OC)cc3[nH]2)c1CCOC(=O)c1ccc(Cc2nc3ccc(OC)cc3[nH]2)cc1. The first-order valence-corrected chi connectivity index (χ1v) is 15.0. The highest BCUT2D eigenvalue weighted by atomic mass is 16.5. The third-order valence-electron chi connectivity index (χ3n) is 8.09. The van der Waals surface area contributed by atoms with Crippen molar-refractivity contribution in [3.63, 3.8) is 0 Å². The number of imidazole rings is 2. The number of aromatic amines is 2. The normalized spacial score (nSPS) is 11.2. The second-order valence-corrected chi connectivity index (χ2v) is 11.0. The molecule has 0 aliphatic heterocycles. The molecule has 6 aromatic rings. The van der Waals surface area contributed by atoms with Gasteiger partial charge in [0.05, 0.1) is 54.0 Å². The smallest absolute Gasteiger partial charge is 0.338 e. The fourth-order valence-corrected chi connectivity index (χ4v) is 5.79. The number of hydrogen-bond donors (Lipinski definition) is 3. The van der Waals surface area contributed by atoms with Crippen molar-refractivity contribution in [1.29, 1.82) is 0 Å². The van der Waals surface area contributed by atoms with E-state index in [9.17, 15) is 14.7 Å². The van der Waals surface area contributed by atoms with Gasteiger partial charge in [-0.2, -0.15) is 0 Å². The number of carboxylic acid groups (broad SMARTS) is 1. The van der Waals surface area contributed by atoms with E-state index in [-0.39, 0.29) is 12.2 Å². The molecule has 10 nitrogen and oxygen atoms in total. The van der Waals surface area contributed by atoms with Crippen molar-refractivity contribution in [2.75, 3.05) is 20.8 Å². The highest BCUT2D eigenvalue weighted by molar-refractivity contribution is 5.90. The van der Waals surface area contributed by atoms with Crippen molar-refractivity contribution in [2.24, 2.45) is 0 Å². The largest absolute Gasteiger partial charge is 0.497 e. The molecule has 46 heavy (non-hydrogen) atoms. The number of nitrogens with zero attached hydrogens (tertiary/aromatic N) is 2. The maximum atomic E-state index is 13.0. The van der Waals surface area contributed by atoms with Gasteiger partial charge in [0.15, 0.2) is 0 Å². The first-order valence-electron chi connectivity index (χ1n) is 15.0. The molecule has 10 heteroatoms. The van der Waals surface area contributed by atoms with Crippen molar-refractivity contribution in [3.05, 3.63) is 118 Å². The molecule has 0 fully saturated rings. The van der Waals surface area contributed by atoms with Gasteiger partial charge in [0.1, 0.15) is 23.1 Å². The van der Waals surface area contributed by atoms with E-state index in [0.29, 0.717) is 31.2 Å². The van der Waals surface area contributed by atoms with Crippen molar-refractivity contribution < 1.29 is 28.9 Å². The van der Waals surface area contributed by atoms with Crippen LogP contribution in [0, 0.1) is 0 Å². The molecular formula is C36H34N4O6. The Morgan fingerprint density at radius 2 is 1.37 bits per heavy atom. The minimum Gasteiger partial charge on any atom is -0.497 e. The lowest BCUT2D eigenvalue weighted by Crippen LogP contribution is -2.13. The second kappa shape index (κ2) is 13.2. The van der Waals surface area contributed by atoms with Crippen LogP contribution in [0.25, 0.3) is 22.1 Å². The number of esters is 1. The number of ether oxygens (including phenoxy) is 3. The lowest BCUT2D eigenvalue weighted by atomic mass is 9.90. The Morgan fingerprint density at radius 3 is 1.93 bits per heavy atom. The molecule has 0 bridgehead atoms. The van der Waals surface area contributed by atoms with Gasteiger partial charge in [-0.3, -0.25) is 0 Å². The zero-order valence-corrected chi connectivity index (χ0v) is 25.8. The predicted molar refractivity (Wildman–Crippen MR) is 174 cm³/mol. The van der Waals surface area contributed by atoms with Crippen LogP contribution in [0.3, 0.4) is 0 Å². The summed E-state index contributed by atoms with van der Waals surface area (Å²) in [7, 11) is 3.24. The fraction of sp³-hybridized carbons (Fsp3) is 0.222. The summed E-state index contributed by atoms with van der Waals surface area (Å²) in [4.78, 5) is 41.0. The van der Waals surface area contributed by atoms with Crippen LogP contribution in [0.2, 0.25) is 0 Å². The van der Waals surface area contributed by atoms with Crippen LogP contribution in [0.5, 0.6) is 11.5 Å². The number of H-pyrrole nitrogens is 2. The number of benzene rings is 4. The molecular weight excluding hydrogens is 584 g/mol. The molecule has 0 aliphatic carbocycles. The van der Waals surface area contributed by atoms with Gasteiger partial charge in [-0.1, -0.05) is 25.1 Å². The Hall–Kier alpha value is -5.64. The first-order chi connectivity index (χ1) is 22.3. The van der Waals surface area contributed by atoms with Crippen molar-refractivity contribution in [1.82, 2.24) is 19.9 Å². The van der Waals surface area contributed by atoms with Crippen LogP contribution < -0.4 is 9.47 Å².